The minimum absolute atomic E-state index is 0.104. The van der Waals surface area contributed by atoms with E-state index in [9.17, 15) is 4.79 Å². The molecule has 0 amide bonds. The van der Waals surface area contributed by atoms with Crippen LogP contribution in [0.1, 0.15) is 31.4 Å². The minimum atomic E-state index is -0.104. The summed E-state index contributed by atoms with van der Waals surface area (Å²) in [7, 11) is 3.54. The van der Waals surface area contributed by atoms with Crippen molar-refractivity contribution in [2.24, 2.45) is 0 Å². The first-order valence-corrected chi connectivity index (χ1v) is 8.59. The van der Waals surface area contributed by atoms with Crippen molar-refractivity contribution >= 4 is 5.78 Å². The van der Waals surface area contributed by atoms with Crippen LogP contribution in [0, 0.1) is 0 Å². The Kier molecular flexibility index (Phi) is 6.56. The van der Waals surface area contributed by atoms with Crippen molar-refractivity contribution in [3.8, 4) is 16.9 Å². The molecule has 0 aliphatic heterocycles. The number of ether oxygens (including phenoxy) is 1. The fraction of sp³-hybridized carbons (Fsp3) is 0.381. The lowest BCUT2D eigenvalue weighted by Crippen LogP contribution is -2.35. The number of aryl methyl sites for hydroxylation is 1. The molecule has 1 atom stereocenters. The molecule has 0 aliphatic rings. The van der Waals surface area contributed by atoms with Gasteiger partial charge in [-0.3, -0.25) is 4.79 Å². The summed E-state index contributed by atoms with van der Waals surface area (Å²) in [5, 5.41) is 3.12. The first kappa shape index (κ1) is 18.2. The molecule has 0 radical (unpaired) electrons. The Morgan fingerprint density at radius 3 is 2.38 bits per heavy atom. The predicted octanol–water partition coefficient (Wildman–Crippen LogP) is 4.03. The fourth-order valence-corrected chi connectivity index (χ4v) is 2.95. The number of Topliss-reactive ketones (excluding diaryl/α,β-unsaturated/α-hetero) is 1. The lowest BCUT2D eigenvalue weighted by molar-refractivity contribution is -0.120. The van der Waals surface area contributed by atoms with Crippen LogP contribution in [0.2, 0.25) is 0 Å². The zero-order valence-corrected chi connectivity index (χ0v) is 15.1. The number of hydrogen-bond acceptors (Lipinski definition) is 3. The number of carbonyl (C=O) groups is 1. The van der Waals surface area contributed by atoms with Crippen molar-refractivity contribution in [2.45, 2.75) is 39.2 Å². The van der Waals surface area contributed by atoms with E-state index in [0.29, 0.717) is 6.42 Å². The molecule has 24 heavy (non-hydrogen) atoms. The molecular weight excluding hydrogens is 298 g/mol. The van der Waals surface area contributed by atoms with E-state index in [0.717, 1.165) is 18.6 Å². The SMILES string of the molecule is CCC(=O)C(Cc1ccc(-c2ccc(OC)cc2CC)cc1)NC. The molecule has 1 N–H and O–H groups in total. The Labute approximate surface area is 145 Å². The quantitative estimate of drug-likeness (QED) is 0.796. The van der Waals surface area contributed by atoms with Crippen LogP contribution in [0.3, 0.4) is 0 Å². The highest BCUT2D eigenvalue weighted by molar-refractivity contribution is 5.84. The number of benzene rings is 2. The van der Waals surface area contributed by atoms with Gasteiger partial charge in [0, 0.05) is 6.42 Å². The summed E-state index contributed by atoms with van der Waals surface area (Å²) in [5.74, 6) is 1.15. The summed E-state index contributed by atoms with van der Waals surface area (Å²) in [6, 6.07) is 14.6. The monoisotopic (exact) mass is 325 g/mol. The number of hydrogen-bond donors (Lipinski definition) is 1. The molecule has 0 saturated carbocycles. The van der Waals surface area contributed by atoms with Crippen LogP contribution >= 0.6 is 0 Å². The summed E-state index contributed by atoms with van der Waals surface area (Å²) in [6.45, 7) is 4.06. The van der Waals surface area contributed by atoms with E-state index in [1.807, 2.05) is 20.0 Å². The van der Waals surface area contributed by atoms with Gasteiger partial charge in [0.15, 0.2) is 0 Å². The van der Waals surface area contributed by atoms with Gasteiger partial charge in [-0.2, -0.15) is 0 Å². The third-order valence-corrected chi connectivity index (χ3v) is 4.48. The van der Waals surface area contributed by atoms with Crippen LogP contribution in [-0.2, 0) is 17.6 Å². The van der Waals surface area contributed by atoms with Gasteiger partial charge < -0.3 is 10.1 Å². The third-order valence-electron chi connectivity index (χ3n) is 4.48. The lowest BCUT2D eigenvalue weighted by Gasteiger charge is -2.15. The third kappa shape index (κ3) is 4.24. The number of nitrogens with one attached hydrogen (secondary N) is 1. The number of ketones is 1. The highest BCUT2D eigenvalue weighted by Gasteiger charge is 2.15. The average molecular weight is 325 g/mol. The zero-order valence-electron chi connectivity index (χ0n) is 15.1. The topological polar surface area (TPSA) is 38.3 Å². The van der Waals surface area contributed by atoms with Gasteiger partial charge in [0.2, 0.25) is 0 Å². The average Bonchev–Trinajstić information content (AvgIpc) is 2.65. The minimum Gasteiger partial charge on any atom is -0.497 e. The summed E-state index contributed by atoms with van der Waals surface area (Å²) in [6.07, 6.45) is 2.25. The second kappa shape index (κ2) is 8.65. The Balaban J connectivity index is 2.22. The van der Waals surface area contributed by atoms with E-state index in [-0.39, 0.29) is 11.8 Å². The van der Waals surface area contributed by atoms with Gasteiger partial charge in [-0.05, 0) is 54.3 Å². The molecule has 2 aromatic rings. The number of likely N-dealkylation sites (N-methyl/N-ethyl adjacent to an activating group) is 1. The zero-order chi connectivity index (χ0) is 17.5. The highest BCUT2D eigenvalue weighted by atomic mass is 16.5. The molecular formula is C21H27NO2. The molecule has 0 aliphatic carbocycles. The second-order valence-electron chi connectivity index (χ2n) is 5.94. The van der Waals surface area contributed by atoms with E-state index in [2.05, 4.69) is 48.6 Å². The van der Waals surface area contributed by atoms with E-state index >= 15 is 0 Å². The number of methoxy groups -OCH3 is 1. The maximum atomic E-state index is 11.9. The van der Waals surface area contributed by atoms with Crippen LogP contribution in [0.4, 0.5) is 0 Å². The summed E-state index contributed by atoms with van der Waals surface area (Å²) in [5.41, 5.74) is 4.88. The summed E-state index contributed by atoms with van der Waals surface area (Å²) >= 11 is 0. The Bertz CT molecular complexity index is 677. The maximum absolute atomic E-state index is 11.9. The smallest absolute Gasteiger partial charge is 0.149 e. The van der Waals surface area contributed by atoms with E-state index < -0.39 is 0 Å². The molecule has 0 bridgehead atoms. The molecule has 2 aromatic carbocycles. The standard InChI is InChI=1S/C21H27NO2/c1-5-16-14-18(24-4)11-12-19(16)17-9-7-15(8-10-17)13-20(22-3)21(23)6-2/h7-12,14,20,22H,5-6,13H2,1-4H3. The van der Waals surface area contributed by atoms with Crippen molar-refractivity contribution in [2.75, 3.05) is 14.2 Å². The van der Waals surface area contributed by atoms with Crippen molar-refractivity contribution < 1.29 is 9.53 Å². The Morgan fingerprint density at radius 1 is 1.12 bits per heavy atom. The number of rotatable bonds is 8. The van der Waals surface area contributed by atoms with Crippen LogP contribution in [-0.4, -0.2) is 26.0 Å². The van der Waals surface area contributed by atoms with Crippen LogP contribution in [0.25, 0.3) is 11.1 Å². The van der Waals surface area contributed by atoms with Crippen molar-refractivity contribution in [3.63, 3.8) is 0 Å². The normalized spacial score (nSPS) is 12.0. The van der Waals surface area contributed by atoms with Crippen molar-refractivity contribution in [3.05, 3.63) is 53.6 Å². The molecule has 128 valence electrons. The lowest BCUT2D eigenvalue weighted by atomic mass is 9.95. The van der Waals surface area contributed by atoms with Gasteiger partial charge in [-0.15, -0.1) is 0 Å². The molecule has 0 aromatic heterocycles. The molecule has 2 rings (SSSR count). The molecule has 0 spiro atoms. The first-order chi connectivity index (χ1) is 11.6. The van der Waals surface area contributed by atoms with Gasteiger partial charge in [-0.25, -0.2) is 0 Å². The van der Waals surface area contributed by atoms with E-state index in [1.54, 1.807) is 7.11 Å². The largest absolute Gasteiger partial charge is 0.497 e. The maximum Gasteiger partial charge on any atom is 0.149 e. The molecule has 3 heteroatoms. The Morgan fingerprint density at radius 2 is 1.83 bits per heavy atom. The van der Waals surface area contributed by atoms with Crippen molar-refractivity contribution in [1.29, 1.82) is 0 Å². The van der Waals surface area contributed by atoms with Gasteiger partial charge in [0.05, 0.1) is 13.2 Å². The fourth-order valence-electron chi connectivity index (χ4n) is 2.95. The van der Waals surface area contributed by atoms with E-state index in [4.69, 9.17) is 4.74 Å². The van der Waals surface area contributed by atoms with E-state index in [1.165, 1.54) is 22.3 Å². The van der Waals surface area contributed by atoms with Gasteiger partial charge in [0.25, 0.3) is 0 Å². The predicted molar refractivity (Wildman–Crippen MR) is 99.7 cm³/mol. The first-order valence-electron chi connectivity index (χ1n) is 8.59. The highest BCUT2D eigenvalue weighted by Crippen LogP contribution is 2.28. The van der Waals surface area contributed by atoms with Crippen LogP contribution in [0.5, 0.6) is 5.75 Å². The van der Waals surface area contributed by atoms with Crippen molar-refractivity contribution in [1.82, 2.24) is 5.32 Å². The molecule has 0 fully saturated rings. The summed E-state index contributed by atoms with van der Waals surface area (Å²) < 4.78 is 5.32. The van der Waals surface area contributed by atoms with Gasteiger partial charge in [-0.1, -0.05) is 44.2 Å². The van der Waals surface area contributed by atoms with Gasteiger partial charge in [0.1, 0.15) is 11.5 Å². The van der Waals surface area contributed by atoms with Crippen LogP contribution in [0.15, 0.2) is 42.5 Å². The molecule has 1 unspecified atom stereocenters. The molecule has 0 heterocycles. The molecule has 3 nitrogen and oxygen atoms in total. The Hall–Kier alpha value is -2.13. The number of carbonyl (C=O) groups excluding carboxylic acids is 1. The van der Waals surface area contributed by atoms with Crippen LogP contribution < -0.4 is 10.1 Å². The summed E-state index contributed by atoms with van der Waals surface area (Å²) in [4.78, 5) is 11.9. The van der Waals surface area contributed by atoms with Gasteiger partial charge >= 0.3 is 0 Å². The second-order valence-corrected chi connectivity index (χ2v) is 5.94. The molecule has 0 saturated heterocycles.